The first-order chi connectivity index (χ1) is 37.4. The summed E-state index contributed by atoms with van der Waals surface area (Å²) in [4.78, 5) is 61.2. The molecule has 21 heteroatoms. The Morgan fingerprint density at radius 1 is 1.09 bits per heavy atom. The third-order valence-corrected chi connectivity index (χ3v) is 18.0. The van der Waals surface area contributed by atoms with Gasteiger partial charge in [0.1, 0.15) is 59.5 Å². The topological polar surface area (TPSA) is 202 Å². The molecule has 78 heavy (non-hydrogen) atoms. The normalized spacial score (nSPS) is 22.1. The molecule has 1 amide bonds. The molecule has 402 valence electrons. The number of fused-ring (bicyclic) bond motifs is 8. The number of nitrogens with two attached hydrogens (primary N) is 1. The molecule has 3 N–H and O–H groups in total. The number of pyridine rings is 2. The minimum absolute atomic E-state index is 0.00195. The number of rotatable bonds is 11. The summed E-state index contributed by atoms with van der Waals surface area (Å²) in [6.45, 7) is 13.3. The van der Waals surface area contributed by atoms with Crippen molar-refractivity contribution in [3.05, 3.63) is 109 Å². The van der Waals surface area contributed by atoms with Gasteiger partial charge in [0.15, 0.2) is 11.4 Å². The third kappa shape index (κ3) is 7.89. The molecule has 0 aliphatic carbocycles. The Balaban J connectivity index is 0.810. The molecule has 7 aromatic rings. The van der Waals surface area contributed by atoms with Crippen molar-refractivity contribution in [1.82, 2.24) is 29.3 Å². The number of alkyl halides is 1. The van der Waals surface area contributed by atoms with Crippen molar-refractivity contribution in [2.24, 2.45) is 0 Å². The van der Waals surface area contributed by atoms with Crippen molar-refractivity contribution in [2.45, 2.75) is 102 Å². The van der Waals surface area contributed by atoms with E-state index >= 15 is 8.78 Å². The Morgan fingerprint density at radius 3 is 2.65 bits per heavy atom. The molecule has 5 atom stereocenters. The van der Waals surface area contributed by atoms with E-state index in [1.54, 1.807) is 35.4 Å². The van der Waals surface area contributed by atoms with E-state index in [1.165, 1.54) is 18.2 Å². The van der Waals surface area contributed by atoms with E-state index < -0.39 is 47.1 Å². The molecule has 0 spiro atoms. The zero-order chi connectivity index (χ0) is 54.9. The van der Waals surface area contributed by atoms with Crippen LogP contribution in [0.25, 0.3) is 54.4 Å². The number of thiophene rings is 1. The maximum atomic E-state index is 17.5. The van der Waals surface area contributed by atoms with E-state index in [4.69, 9.17) is 41.5 Å². The quantitative estimate of drug-likeness (QED) is 0.0918. The van der Waals surface area contributed by atoms with Crippen molar-refractivity contribution in [3.63, 3.8) is 0 Å². The summed E-state index contributed by atoms with van der Waals surface area (Å²) in [7, 11) is 0. The number of benzene rings is 3. The number of nitriles is 1. The number of anilines is 2. The number of carbonyl (C=O) groups is 2. The van der Waals surface area contributed by atoms with Crippen LogP contribution in [0.4, 0.5) is 24.0 Å². The molecule has 3 fully saturated rings. The lowest BCUT2D eigenvalue weighted by molar-refractivity contribution is -0.172. The lowest BCUT2D eigenvalue weighted by Gasteiger charge is -2.41. The number of hydrogen-bond acceptors (Lipinski definition) is 15. The summed E-state index contributed by atoms with van der Waals surface area (Å²) in [5, 5.41) is 22.6. The average molecular weight is 1100 g/mol. The number of carbonyl (C=O) groups excluding carboxylic acids is 2. The van der Waals surface area contributed by atoms with Crippen LogP contribution in [0.3, 0.4) is 0 Å². The van der Waals surface area contributed by atoms with Crippen LogP contribution >= 0.6 is 22.9 Å². The van der Waals surface area contributed by atoms with Gasteiger partial charge in [-0.05, 0) is 93.6 Å². The molecular weight excluding hydrogens is 1050 g/mol. The number of esters is 1. The van der Waals surface area contributed by atoms with Gasteiger partial charge in [0, 0.05) is 77.1 Å². The Morgan fingerprint density at radius 2 is 1.90 bits per heavy atom. The predicted octanol–water partition coefficient (Wildman–Crippen LogP) is 8.87. The maximum Gasteiger partial charge on any atom is 0.343 e. The number of amides is 1. The first kappa shape index (κ1) is 51.4. The van der Waals surface area contributed by atoms with E-state index in [0.29, 0.717) is 47.9 Å². The number of hydrogen-bond donors (Lipinski definition) is 2. The van der Waals surface area contributed by atoms with Crippen LogP contribution in [-0.2, 0) is 39.5 Å². The molecule has 3 aromatic carbocycles. The van der Waals surface area contributed by atoms with Crippen LogP contribution in [-0.4, -0.2) is 109 Å². The summed E-state index contributed by atoms with van der Waals surface area (Å²) >= 11 is 7.89. The maximum absolute atomic E-state index is 17.5. The Hall–Kier alpha value is -7.31. The van der Waals surface area contributed by atoms with Crippen LogP contribution in [0.15, 0.2) is 59.4 Å². The van der Waals surface area contributed by atoms with Crippen molar-refractivity contribution in [1.29, 1.82) is 5.26 Å². The van der Waals surface area contributed by atoms with Gasteiger partial charge in [-0.2, -0.15) is 15.2 Å². The van der Waals surface area contributed by atoms with Gasteiger partial charge in [0.05, 0.1) is 49.8 Å². The number of piperazine rings is 1. The van der Waals surface area contributed by atoms with E-state index in [9.17, 15) is 29.1 Å². The molecule has 4 aromatic heterocycles. The fourth-order valence-corrected chi connectivity index (χ4v) is 13.8. The second-order valence-corrected chi connectivity index (χ2v) is 22.5. The van der Waals surface area contributed by atoms with Gasteiger partial charge in [0.25, 0.3) is 11.5 Å². The Kier molecular flexibility index (Phi) is 12.5. The molecule has 3 saturated heterocycles. The SMILES string of the molecule is C=C(C(=O)N1CCN(c2nc(OC[C@@]34CCCN3C[C@H](F)C4)nc3c(F)c(-c4ccc(F)c5sc(N)c(C#N)c45)c(Cl)cc23)[C@@H](C)C1)C(C)Oc1ccc2nc3c(c(CC)c2c1)Cn1c-3cc2c(c1=O)COC(=O)[C@]2(O)CC. The van der Waals surface area contributed by atoms with Gasteiger partial charge >= 0.3 is 12.0 Å². The van der Waals surface area contributed by atoms with Crippen molar-refractivity contribution in [2.75, 3.05) is 50.0 Å². The molecule has 0 bridgehead atoms. The van der Waals surface area contributed by atoms with Crippen molar-refractivity contribution < 1.29 is 42.1 Å². The lowest BCUT2D eigenvalue weighted by Crippen LogP contribution is -2.55. The Labute approximate surface area is 454 Å². The molecule has 12 rings (SSSR count). The fraction of sp³-hybridized carbons (Fsp3) is 0.386. The Bertz CT molecular complexity index is 3890. The van der Waals surface area contributed by atoms with Crippen LogP contribution < -0.4 is 25.7 Å². The third-order valence-electron chi connectivity index (χ3n) is 16.7. The van der Waals surface area contributed by atoms with Crippen LogP contribution in [0.1, 0.15) is 81.2 Å². The van der Waals surface area contributed by atoms with Gasteiger partial charge in [0.2, 0.25) is 0 Å². The minimum atomic E-state index is -1.95. The number of cyclic esters (lactones) is 1. The highest BCUT2D eigenvalue weighted by molar-refractivity contribution is 7.23. The number of halogens is 4. The summed E-state index contributed by atoms with van der Waals surface area (Å²) in [6, 6.07) is 12.7. The highest BCUT2D eigenvalue weighted by Crippen LogP contribution is 2.47. The lowest BCUT2D eigenvalue weighted by atomic mass is 9.86. The number of ether oxygens (including phenoxy) is 3. The standard InChI is InChI=1S/C57H53ClF3N9O7S/c1-6-32-34-17-31(9-12-42(34)64-47-37(32)24-70-43(47)19-39-38(53(70)72)25-75-54(73)57(39,74)7-2)77-29(5)28(4)52(71)67-15-16-69(27(3)22-67)51-35-18-40(58)45(33-10-11-41(60)49-44(33)36(21-62)50(63)78-49)46(61)48(35)65-55(66-51)76-26-56-13-8-14-68(56)23-30(59)20-56/h9-12,17-19,27,29-30,74H,4,6-8,13-16,20,22-26,63H2,1-3,5H3/t27-,29?,30+,56-,57-/m0/s1. The number of aliphatic hydroxyl groups is 1. The van der Waals surface area contributed by atoms with Crippen molar-refractivity contribution in [3.8, 4) is 40.3 Å². The number of nitrogens with zero attached hydrogens (tertiary/aromatic N) is 8. The number of nitrogen functional groups attached to an aromatic ring is 1. The largest absolute Gasteiger partial charge is 0.486 e. The van der Waals surface area contributed by atoms with Crippen LogP contribution in [0.2, 0.25) is 5.02 Å². The zero-order valence-corrected chi connectivity index (χ0v) is 44.7. The van der Waals surface area contributed by atoms with E-state index in [1.807, 2.05) is 36.9 Å². The monoisotopic (exact) mass is 1100 g/mol. The molecule has 9 heterocycles. The summed E-state index contributed by atoms with van der Waals surface area (Å²) in [6.07, 6.45) is 0.722. The molecule has 16 nitrogen and oxygen atoms in total. The van der Waals surface area contributed by atoms with Crippen LogP contribution in [0.5, 0.6) is 11.8 Å². The summed E-state index contributed by atoms with van der Waals surface area (Å²) < 4.78 is 67.3. The zero-order valence-electron chi connectivity index (χ0n) is 43.1. The van der Waals surface area contributed by atoms with Gasteiger partial charge in [-0.1, -0.05) is 38.1 Å². The molecule has 0 radical (unpaired) electrons. The second-order valence-electron chi connectivity index (χ2n) is 21.0. The summed E-state index contributed by atoms with van der Waals surface area (Å²) in [5.74, 6) is -1.83. The number of aryl methyl sites for hydroxylation is 1. The van der Waals surface area contributed by atoms with Gasteiger partial charge in [-0.15, -0.1) is 11.3 Å². The van der Waals surface area contributed by atoms with E-state index in [0.717, 1.165) is 40.8 Å². The van der Waals surface area contributed by atoms with Crippen LogP contribution in [0, 0.1) is 23.0 Å². The first-order valence-corrected chi connectivity index (χ1v) is 27.2. The molecule has 5 aliphatic heterocycles. The second kappa shape index (κ2) is 19.0. The summed E-state index contributed by atoms with van der Waals surface area (Å²) in [5.41, 5.74) is 7.44. The van der Waals surface area contributed by atoms with Gasteiger partial charge < -0.3 is 39.4 Å². The van der Waals surface area contributed by atoms with E-state index in [-0.39, 0.29) is 134 Å². The highest BCUT2D eigenvalue weighted by atomic mass is 35.5. The number of aromatic nitrogens is 4. The van der Waals surface area contributed by atoms with Crippen molar-refractivity contribution >= 4 is 77.5 Å². The average Bonchev–Trinajstić information content (AvgIpc) is 4.35. The van der Waals surface area contributed by atoms with Gasteiger partial charge in [-0.25, -0.2) is 22.9 Å². The molecule has 0 saturated carbocycles. The fourth-order valence-electron chi connectivity index (χ4n) is 12.6. The van der Waals surface area contributed by atoms with E-state index in [2.05, 4.69) is 16.5 Å². The van der Waals surface area contributed by atoms with Gasteiger partial charge in [-0.3, -0.25) is 14.5 Å². The minimum Gasteiger partial charge on any atom is -0.486 e. The predicted molar refractivity (Wildman–Crippen MR) is 289 cm³/mol. The molecular formula is C57H53ClF3N9O7S. The molecule has 5 aliphatic rings. The highest BCUT2D eigenvalue weighted by Gasteiger charge is 2.50. The first-order valence-electron chi connectivity index (χ1n) is 26.0. The molecule has 1 unspecified atom stereocenters. The smallest absolute Gasteiger partial charge is 0.343 e.